The van der Waals surface area contributed by atoms with Gasteiger partial charge in [-0.15, -0.1) is 0 Å². The van der Waals surface area contributed by atoms with Crippen molar-refractivity contribution in [3.05, 3.63) is 54.7 Å². The number of anilines is 2. The van der Waals surface area contributed by atoms with E-state index in [4.69, 9.17) is 30.4 Å². The Hall–Kier alpha value is -3.61. The van der Waals surface area contributed by atoms with Crippen LogP contribution in [0.1, 0.15) is 12.6 Å². The smallest absolute Gasteiger partial charge is 0.436 e. The first-order valence-electron chi connectivity index (χ1n) is 13.2. The molecule has 1 aliphatic rings. The number of aromatic nitrogens is 4. The fraction of sp³-hybridized carbons (Fsp3) is 0.208. The highest BCUT2D eigenvalue weighted by Gasteiger charge is 2.43. The number of rotatable bonds is 10. The number of phosphoric ester groups is 1. The normalized spacial score (nSPS) is 21.3. The average molecular weight is 716 g/mol. The van der Waals surface area contributed by atoms with E-state index in [9.17, 15) is 28.6 Å². The quantitative estimate of drug-likeness (QED) is 0.0806. The van der Waals surface area contributed by atoms with Crippen LogP contribution in [0, 0.1) is 5.82 Å². The van der Waals surface area contributed by atoms with Crippen molar-refractivity contribution in [2.75, 3.05) is 18.1 Å². The Labute approximate surface area is 262 Å². The van der Waals surface area contributed by atoms with Crippen LogP contribution in [0.3, 0.4) is 0 Å². The van der Waals surface area contributed by atoms with E-state index in [2.05, 4.69) is 28.1 Å². The maximum atomic E-state index is 15.7. The zero-order chi connectivity index (χ0) is 33.9. The number of ether oxygens (including phenoxy) is 1. The van der Waals surface area contributed by atoms with E-state index in [1.165, 1.54) is 22.9 Å². The molecule has 0 spiro atoms. The molecule has 4 heterocycles. The Morgan fingerprint density at radius 1 is 1.00 bits per heavy atom. The minimum Gasteiger partial charge on any atom is -0.436 e. The summed E-state index contributed by atoms with van der Waals surface area (Å²) >= 11 is 0. The summed E-state index contributed by atoms with van der Waals surface area (Å²) in [5.74, 6) is -0.503. The third-order valence-corrected chi connectivity index (χ3v) is 10.7. The topological polar surface area (TPSA) is 298 Å². The van der Waals surface area contributed by atoms with Crippen LogP contribution >= 0.6 is 23.5 Å². The number of aliphatic hydroxyl groups is 1. The van der Waals surface area contributed by atoms with Gasteiger partial charge >= 0.3 is 23.5 Å². The van der Waals surface area contributed by atoms with Crippen molar-refractivity contribution in [2.24, 2.45) is 0 Å². The van der Waals surface area contributed by atoms with Gasteiger partial charge in [-0.05, 0) is 30.3 Å². The van der Waals surface area contributed by atoms with Crippen LogP contribution in [0.2, 0.25) is 0 Å². The van der Waals surface area contributed by atoms with Crippen LogP contribution < -0.4 is 11.5 Å². The number of benzene rings is 2. The lowest BCUT2D eigenvalue weighted by molar-refractivity contribution is -0.0421. The van der Waals surface area contributed by atoms with E-state index in [0.717, 1.165) is 6.33 Å². The van der Waals surface area contributed by atoms with E-state index >= 15 is 4.39 Å². The van der Waals surface area contributed by atoms with Gasteiger partial charge in [0.15, 0.2) is 5.58 Å². The molecule has 9 N–H and O–H groups in total. The van der Waals surface area contributed by atoms with Crippen molar-refractivity contribution >= 4 is 57.1 Å². The molecular weight excluding hydrogens is 692 g/mol. The lowest BCUT2D eigenvalue weighted by Crippen LogP contribution is -2.26. The lowest BCUT2D eigenvalue weighted by Gasteiger charge is -2.19. The van der Waals surface area contributed by atoms with Crippen molar-refractivity contribution in [2.45, 2.75) is 24.9 Å². The van der Waals surface area contributed by atoms with Crippen LogP contribution in [-0.4, -0.2) is 63.0 Å². The Morgan fingerprint density at radius 2 is 1.77 bits per heavy atom. The molecule has 1 aliphatic heterocycles. The maximum absolute atomic E-state index is 15.7. The fourth-order valence-corrected chi connectivity index (χ4v) is 8.00. The summed E-state index contributed by atoms with van der Waals surface area (Å²) in [4.78, 5) is 49.0. The van der Waals surface area contributed by atoms with Gasteiger partial charge in [0.2, 0.25) is 5.89 Å². The molecule has 0 saturated carbocycles. The number of nitrogens with zero attached hydrogens (tertiary/aromatic N) is 4. The monoisotopic (exact) mass is 716 g/mol. The number of halogens is 1. The molecule has 0 amide bonds. The van der Waals surface area contributed by atoms with Crippen LogP contribution in [0.5, 0.6) is 0 Å². The van der Waals surface area contributed by atoms with Gasteiger partial charge in [-0.25, -0.2) is 33.0 Å². The highest BCUT2D eigenvalue weighted by Crippen LogP contribution is 2.66. The Bertz CT molecular complexity index is 2160. The molecule has 5 atom stereocenters. The highest BCUT2D eigenvalue weighted by molar-refractivity contribution is 7.66. The van der Waals surface area contributed by atoms with Gasteiger partial charge in [-0.1, -0.05) is 6.07 Å². The van der Waals surface area contributed by atoms with Gasteiger partial charge in [0, 0.05) is 35.0 Å². The first-order chi connectivity index (χ1) is 22.0. The third kappa shape index (κ3) is 7.14. The second-order valence-electron chi connectivity index (χ2n) is 10.2. The molecule has 2 aromatic carbocycles. The van der Waals surface area contributed by atoms with Crippen LogP contribution in [0.25, 0.3) is 44.7 Å². The zero-order valence-corrected chi connectivity index (χ0v) is 26.1. The fourth-order valence-electron chi connectivity index (χ4n) is 4.97. The molecule has 1 saturated heterocycles. The number of hydrogen-bond acceptors (Lipinski definition) is 14. The molecule has 6 rings (SSSR count). The Morgan fingerprint density at radius 3 is 2.49 bits per heavy atom. The summed E-state index contributed by atoms with van der Waals surface area (Å²) in [6, 6.07) is 9.21. The summed E-state index contributed by atoms with van der Waals surface area (Å²) in [5, 5.41) is 10.9. The minimum atomic E-state index is -5.74. The Balaban J connectivity index is 1.24. The number of phosphoric acid groups is 3. The molecule has 0 radical (unpaired) electrons. The van der Waals surface area contributed by atoms with Crippen LogP contribution in [0.15, 0.2) is 53.3 Å². The molecule has 23 heteroatoms. The molecule has 1 fully saturated rings. The van der Waals surface area contributed by atoms with E-state index in [0.29, 0.717) is 22.4 Å². The minimum absolute atomic E-state index is 0.00604. The standard InChI is InChI=1S/C24H24FN6O13P3/c25-15-5-11(24-30-16-6-12(26)2-4-18(16)42-24)1-3-13(15)14-8-31(23-21(14)22(27)28-10-29-23)20-7-17(32)19(41-20)9-40-46(36,37)44-47(38,39)43-45(33,34)35/h1-6,8,10,17,19-20,32H,7,9,26H2,(H,36,37)(H,38,39)(H2,27,28,29)(H2,33,34,35)/t17-,19+,20+/m0/s1. The average Bonchev–Trinajstić information content (AvgIpc) is 3.65. The maximum Gasteiger partial charge on any atom is 0.490 e. The number of oxazole rings is 1. The summed E-state index contributed by atoms with van der Waals surface area (Å²) < 4.78 is 75.2. The van der Waals surface area contributed by atoms with E-state index in [-0.39, 0.29) is 40.3 Å². The lowest BCUT2D eigenvalue weighted by atomic mass is 10.0. The van der Waals surface area contributed by atoms with Gasteiger partial charge < -0.3 is 49.9 Å². The van der Waals surface area contributed by atoms with Crippen LogP contribution in [-0.2, 0) is 31.6 Å². The number of nitrogens with two attached hydrogens (primary N) is 2. The number of nitrogen functional groups attached to an aromatic ring is 2. The van der Waals surface area contributed by atoms with E-state index < -0.39 is 54.3 Å². The third-order valence-electron chi connectivity index (χ3n) is 6.89. The largest absolute Gasteiger partial charge is 0.490 e. The van der Waals surface area contributed by atoms with Crippen LogP contribution in [0.4, 0.5) is 15.9 Å². The predicted molar refractivity (Wildman–Crippen MR) is 159 cm³/mol. The van der Waals surface area contributed by atoms with Crippen molar-refractivity contribution in [3.8, 4) is 22.6 Å². The first-order valence-corrected chi connectivity index (χ1v) is 17.7. The van der Waals surface area contributed by atoms with Gasteiger partial charge in [0.05, 0.1) is 18.1 Å². The van der Waals surface area contributed by atoms with E-state index in [1.54, 1.807) is 24.3 Å². The van der Waals surface area contributed by atoms with Crippen molar-refractivity contribution in [1.29, 1.82) is 0 Å². The molecule has 0 aliphatic carbocycles. The van der Waals surface area contributed by atoms with Gasteiger partial charge in [-0.2, -0.15) is 8.62 Å². The second kappa shape index (κ2) is 12.1. The summed E-state index contributed by atoms with van der Waals surface area (Å²) in [6.07, 6.45) is -1.18. The molecule has 3 aromatic heterocycles. The molecule has 250 valence electrons. The van der Waals surface area contributed by atoms with E-state index in [1.807, 2.05) is 0 Å². The first kappa shape index (κ1) is 33.3. The van der Waals surface area contributed by atoms with Gasteiger partial charge in [0.1, 0.15) is 41.5 Å². The molecule has 19 nitrogen and oxygen atoms in total. The zero-order valence-electron chi connectivity index (χ0n) is 23.4. The SMILES string of the molecule is Nc1ccc2oc(-c3ccc(-c4cn([C@H]5C[C@H](O)[C@@H](COP(=O)(O)OP(=O)(O)OP(=O)(O)O)O5)c5ncnc(N)c45)c(F)c3)nc2c1. The summed E-state index contributed by atoms with van der Waals surface area (Å²) in [6.45, 7) is -0.886. The van der Waals surface area contributed by atoms with Gasteiger partial charge in [0.25, 0.3) is 0 Å². The number of fused-ring (bicyclic) bond motifs is 2. The summed E-state index contributed by atoms with van der Waals surface area (Å²) in [5.41, 5.74) is 14.3. The number of aliphatic hydroxyl groups excluding tert-OH is 1. The Kier molecular flexibility index (Phi) is 8.59. The second-order valence-corrected chi connectivity index (χ2v) is 14.6. The highest BCUT2D eigenvalue weighted by atomic mass is 31.3. The predicted octanol–water partition coefficient (Wildman–Crippen LogP) is 3.20. The molecule has 0 bridgehead atoms. The molecular formula is C24H24FN6O13P3. The van der Waals surface area contributed by atoms with Crippen molar-refractivity contribution < 1.29 is 65.1 Å². The van der Waals surface area contributed by atoms with Gasteiger partial charge in [-0.3, -0.25) is 4.52 Å². The molecule has 2 unspecified atom stereocenters. The van der Waals surface area contributed by atoms with Crippen molar-refractivity contribution in [1.82, 2.24) is 19.5 Å². The summed E-state index contributed by atoms with van der Waals surface area (Å²) in [7, 11) is -16.8. The molecule has 5 aromatic rings. The van der Waals surface area contributed by atoms with Crippen molar-refractivity contribution in [3.63, 3.8) is 0 Å². The molecule has 47 heavy (non-hydrogen) atoms. The number of hydrogen-bond donors (Lipinski definition) is 7.